The summed E-state index contributed by atoms with van der Waals surface area (Å²) in [6, 6.07) is 10.9. The van der Waals surface area contributed by atoms with Gasteiger partial charge in [-0.2, -0.15) is 0 Å². The van der Waals surface area contributed by atoms with Crippen molar-refractivity contribution >= 4 is 23.6 Å². The molecule has 9 nitrogen and oxygen atoms in total. The highest BCUT2D eigenvalue weighted by Crippen LogP contribution is 2.35. The van der Waals surface area contributed by atoms with Crippen molar-refractivity contribution in [1.29, 1.82) is 0 Å². The molecule has 3 rings (SSSR count). The van der Waals surface area contributed by atoms with Crippen LogP contribution in [0.5, 0.6) is 5.75 Å². The molecule has 12 heteroatoms. The van der Waals surface area contributed by atoms with Gasteiger partial charge in [0.15, 0.2) is 0 Å². The van der Waals surface area contributed by atoms with Crippen LogP contribution in [0.15, 0.2) is 48.5 Å². The number of carbonyl (C=O) groups excluding carboxylic acids is 2. The zero-order chi connectivity index (χ0) is 29.5. The number of urea groups is 1. The number of alkyl halides is 3. The molecule has 1 aliphatic carbocycles. The van der Waals surface area contributed by atoms with Crippen molar-refractivity contribution in [2.75, 3.05) is 11.9 Å². The lowest BCUT2D eigenvalue weighted by atomic mass is 9.77. The molecule has 0 aromatic heterocycles. The fourth-order valence-corrected chi connectivity index (χ4v) is 4.74. The molecule has 40 heavy (non-hydrogen) atoms. The molecule has 0 atom stereocenters. The van der Waals surface area contributed by atoms with E-state index in [1.54, 1.807) is 43.0 Å². The molecule has 1 aliphatic rings. The van der Waals surface area contributed by atoms with E-state index >= 15 is 0 Å². The molecule has 0 heterocycles. The predicted molar refractivity (Wildman–Crippen MR) is 141 cm³/mol. The number of anilines is 1. The summed E-state index contributed by atoms with van der Waals surface area (Å²) in [4.78, 5) is 38.0. The third-order valence-corrected chi connectivity index (χ3v) is 6.93. The zero-order valence-electron chi connectivity index (χ0n) is 22.3. The van der Waals surface area contributed by atoms with Crippen molar-refractivity contribution in [1.82, 2.24) is 10.2 Å². The van der Waals surface area contributed by atoms with Crippen LogP contribution in [0.4, 0.5) is 23.7 Å². The van der Waals surface area contributed by atoms with E-state index in [4.69, 9.17) is 5.11 Å². The number of aliphatic carboxylic acids is 1. The van der Waals surface area contributed by atoms with Crippen molar-refractivity contribution in [2.45, 2.75) is 70.5 Å². The first-order valence-electron chi connectivity index (χ1n) is 13.0. The first-order chi connectivity index (χ1) is 18.7. The number of ether oxygens (including phenoxy) is 1. The second-order valence-corrected chi connectivity index (χ2v) is 10.4. The number of aliphatic hydroxyl groups is 1. The lowest BCUT2D eigenvalue weighted by Crippen LogP contribution is -2.46. The van der Waals surface area contributed by atoms with Gasteiger partial charge in [0.1, 0.15) is 5.75 Å². The van der Waals surface area contributed by atoms with Crippen LogP contribution in [0.2, 0.25) is 0 Å². The van der Waals surface area contributed by atoms with Crippen molar-refractivity contribution in [3.63, 3.8) is 0 Å². The van der Waals surface area contributed by atoms with Gasteiger partial charge in [0, 0.05) is 30.4 Å². The number of nitrogens with zero attached hydrogens (tertiary/aromatic N) is 1. The first-order valence-corrected chi connectivity index (χ1v) is 13.0. The number of carboxylic acids is 1. The van der Waals surface area contributed by atoms with Crippen molar-refractivity contribution in [3.8, 4) is 5.75 Å². The second kappa shape index (κ2) is 13.0. The Bertz CT molecular complexity index is 1160. The monoisotopic (exact) mass is 565 g/mol. The molecule has 2 aromatic carbocycles. The number of hydrogen-bond acceptors (Lipinski definition) is 5. The summed E-state index contributed by atoms with van der Waals surface area (Å²) in [5.41, 5.74) is 0.551. The number of nitrogens with one attached hydrogen (secondary N) is 2. The van der Waals surface area contributed by atoms with E-state index in [9.17, 15) is 32.7 Å². The summed E-state index contributed by atoms with van der Waals surface area (Å²) >= 11 is 0. The van der Waals surface area contributed by atoms with Crippen LogP contribution < -0.4 is 15.4 Å². The number of rotatable bonds is 10. The highest BCUT2D eigenvalue weighted by atomic mass is 19.4. The Hall–Kier alpha value is -3.80. The van der Waals surface area contributed by atoms with Crippen LogP contribution >= 0.6 is 0 Å². The van der Waals surface area contributed by atoms with E-state index in [-0.39, 0.29) is 31.5 Å². The number of carbonyl (C=O) groups is 3. The molecule has 1 fully saturated rings. The van der Waals surface area contributed by atoms with Crippen LogP contribution in [-0.2, 0) is 11.3 Å². The quantitative estimate of drug-likeness (QED) is 0.315. The van der Waals surface area contributed by atoms with E-state index < -0.39 is 35.6 Å². The van der Waals surface area contributed by atoms with E-state index in [0.717, 1.165) is 30.5 Å². The number of halogens is 3. The Balaban J connectivity index is 1.72. The normalized spacial score (nSPS) is 17.6. The van der Waals surface area contributed by atoms with Crippen molar-refractivity contribution in [3.05, 3.63) is 59.7 Å². The second-order valence-electron chi connectivity index (χ2n) is 10.4. The Morgan fingerprint density at radius 2 is 1.57 bits per heavy atom. The van der Waals surface area contributed by atoms with E-state index in [1.165, 1.54) is 12.1 Å². The van der Waals surface area contributed by atoms with Gasteiger partial charge < -0.3 is 30.5 Å². The van der Waals surface area contributed by atoms with Gasteiger partial charge in [-0.1, -0.05) is 12.1 Å². The van der Waals surface area contributed by atoms with Crippen LogP contribution in [0.25, 0.3) is 0 Å². The minimum absolute atomic E-state index is 0.000493. The average Bonchev–Trinajstić information content (AvgIpc) is 2.87. The molecular formula is C28H34F3N3O6. The molecule has 0 spiro atoms. The van der Waals surface area contributed by atoms with Gasteiger partial charge in [0.25, 0.3) is 5.91 Å². The van der Waals surface area contributed by atoms with Gasteiger partial charge in [0.05, 0.1) is 12.0 Å². The fraction of sp³-hybridized carbons (Fsp3) is 0.464. The van der Waals surface area contributed by atoms with Gasteiger partial charge in [0.2, 0.25) is 0 Å². The summed E-state index contributed by atoms with van der Waals surface area (Å²) in [5.74, 6) is -1.74. The third kappa shape index (κ3) is 9.44. The molecule has 3 amide bonds. The maximum Gasteiger partial charge on any atom is 0.573 e. The minimum Gasteiger partial charge on any atom is -0.481 e. The zero-order valence-corrected chi connectivity index (χ0v) is 22.3. The molecule has 1 saturated carbocycles. The molecule has 0 radical (unpaired) electrons. The molecule has 0 unspecified atom stereocenters. The molecule has 2 aromatic rings. The number of benzene rings is 2. The van der Waals surface area contributed by atoms with Gasteiger partial charge in [-0.15, -0.1) is 13.2 Å². The molecule has 4 N–H and O–H groups in total. The maximum absolute atomic E-state index is 13.4. The van der Waals surface area contributed by atoms with Crippen LogP contribution in [0.1, 0.15) is 61.9 Å². The predicted octanol–water partition coefficient (Wildman–Crippen LogP) is 5.15. The van der Waals surface area contributed by atoms with Crippen LogP contribution in [0, 0.1) is 5.92 Å². The number of hydrogen-bond donors (Lipinski definition) is 4. The smallest absolute Gasteiger partial charge is 0.481 e. The third-order valence-electron chi connectivity index (χ3n) is 6.93. The topological polar surface area (TPSA) is 128 Å². The SMILES string of the molecule is CC(C)(O)C1CCC(N(Cc2ccc(C(=O)NCCC(=O)O)cc2)C(=O)Nc2ccc(OC(F)(F)F)cc2)CC1. The number of carboxylic acid groups (broad SMARTS) is 1. The fourth-order valence-electron chi connectivity index (χ4n) is 4.74. The molecule has 218 valence electrons. The van der Waals surface area contributed by atoms with Crippen LogP contribution in [0.3, 0.4) is 0 Å². The van der Waals surface area contributed by atoms with Gasteiger partial charge in [-0.05, 0) is 87.4 Å². The van der Waals surface area contributed by atoms with E-state index in [1.807, 2.05) is 0 Å². The summed E-state index contributed by atoms with van der Waals surface area (Å²) in [6.07, 6.45) is -2.26. The Morgan fingerprint density at radius 1 is 0.975 bits per heavy atom. The highest BCUT2D eigenvalue weighted by molar-refractivity contribution is 5.94. The lowest BCUT2D eigenvalue weighted by Gasteiger charge is -2.40. The largest absolute Gasteiger partial charge is 0.573 e. The Kier molecular flexibility index (Phi) is 10.0. The highest BCUT2D eigenvalue weighted by Gasteiger charge is 2.35. The van der Waals surface area contributed by atoms with Crippen molar-refractivity contribution in [2.24, 2.45) is 5.92 Å². The molecule has 0 saturated heterocycles. The van der Waals surface area contributed by atoms with Gasteiger partial charge >= 0.3 is 18.4 Å². The summed E-state index contributed by atoms with van der Waals surface area (Å²) in [5, 5.41) is 24.4. The van der Waals surface area contributed by atoms with Gasteiger partial charge in [-0.25, -0.2) is 4.79 Å². The van der Waals surface area contributed by atoms with E-state index in [2.05, 4.69) is 15.4 Å². The Morgan fingerprint density at radius 3 is 2.10 bits per heavy atom. The maximum atomic E-state index is 13.4. The standard InChI is InChI=1S/C28H34F3N3O6/c1-27(2,39)20-7-11-22(12-8-20)34(26(38)33-21-9-13-23(14-10-21)40-28(29,30)31)17-18-3-5-19(6-4-18)25(37)32-16-15-24(35)36/h3-6,9-10,13-14,20,22,39H,7-8,11-12,15-17H2,1-2H3,(H,32,37)(H,33,38)(H,35,36). The summed E-state index contributed by atoms with van der Waals surface area (Å²) < 4.78 is 41.3. The molecular weight excluding hydrogens is 531 g/mol. The van der Waals surface area contributed by atoms with Crippen molar-refractivity contribution < 1.29 is 42.5 Å². The Labute approximate surface area is 230 Å². The molecule has 0 bridgehead atoms. The summed E-state index contributed by atoms with van der Waals surface area (Å²) in [7, 11) is 0. The van der Waals surface area contributed by atoms with E-state index in [0.29, 0.717) is 24.1 Å². The summed E-state index contributed by atoms with van der Waals surface area (Å²) in [6.45, 7) is 3.75. The average molecular weight is 566 g/mol. The number of amides is 3. The molecule has 0 aliphatic heterocycles. The first kappa shape index (κ1) is 30.7. The minimum atomic E-state index is -4.82. The van der Waals surface area contributed by atoms with Gasteiger partial charge in [-0.3, -0.25) is 9.59 Å². The lowest BCUT2D eigenvalue weighted by molar-refractivity contribution is -0.274. The van der Waals surface area contributed by atoms with Crippen LogP contribution in [-0.4, -0.2) is 57.6 Å².